The molecule has 8 heteroatoms. The summed E-state index contributed by atoms with van der Waals surface area (Å²) >= 11 is 3.17. The SMILES string of the molecule is CNC1(C(=O)O)CCC(Oc2cccc([N+](=O)[O-])c2Br)C1. The van der Waals surface area contributed by atoms with Crippen LogP contribution in [0.1, 0.15) is 19.3 Å². The molecule has 1 saturated carbocycles. The van der Waals surface area contributed by atoms with Crippen molar-refractivity contribution >= 4 is 27.6 Å². The Labute approximate surface area is 129 Å². The van der Waals surface area contributed by atoms with E-state index < -0.39 is 16.4 Å². The standard InChI is InChI=1S/C13H15BrN2O5/c1-15-13(12(17)18)6-5-8(7-13)21-10-4-2-3-9(11(10)14)16(19)20/h2-4,8,15H,5-7H2,1H3,(H,17,18). The lowest BCUT2D eigenvalue weighted by molar-refractivity contribution is -0.385. The first kappa shape index (κ1) is 15.7. The van der Waals surface area contributed by atoms with Crippen molar-refractivity contribution < 1.29 is 19.6 Å². The van der Waals surface area contributed by atoms with Gasteiger partial charge in [-0.1, -0.05) is 6.07 Å². The van der Waals surface area contributed by atoms with Gasteiger partial charge in [-0.25, -0.2) is 0 Å². The molecule has 1 aliphatic carbocycles. The summed E-state index contributed by atoms with van der Waals surface area (Å²) in [6.07, 6.45) is 1.04. The van der Waals surface area contributed by atoms with Crippen molar-refractivity contribution in [1.29, 1.82) is 0 Å². The Balaban J connectivity index is 2.16. The highest BCUT2D eigenvalue weighted by molar-refractivity contribution is 9.10. The highest BCUT2D eigenvalue weighted by Crippen LogP contribution is 2.38. The van der Waals surface area contributed by atoms with Crippen LogP contribution in [0, 0.1) is 10.1 Å². The van der Waals surface area contributed by atoms with Crippen molar-refractivity contribution in [3.8, 4) is 5.75 Å². The lowest BCUT2D eigenvalue weighted by atomic mass is 9.98. The maximum Gasteiger partial charge on any atom is 0.324 e. The number of likely N-dealkylation sites (N-methyl/N-ethyl adjacent to an activating group) is 1. The van der Waals surface area contributed by atoms with E-state index >= 15 is 0 Å². The number of carboxylic acid groups (broad SMARTS) is 1. The second-order valence-corrected chi connectivity index (χ2v) is 5.76. The predicted octanol–water partition coefficient (Wildman–Crippen LogP) is 2.33. The van der Waals surface area contributed by atoms with Crippen LogP contribution >= 0.6 is 15.9 Å². The normalized spacial score (nSPS) is 24.8. The van der Waals surface area contributed by atoms with Crippen molar-refractivity contribution in [3.05, 3.63) is 32.8 Å². The number of nitrogens with one attached hydrogen (secondary N) is 1. The zero-order valence-electron chi connectivity index (χ0n) is 11.3. The summed E-state index contributed by atoms with van der Waals surface area (Å²) in [4.78, 5) is 21.7. The van der Waals surface area contributed by atoms with Crippen LogP contribution in [-0.4, -0.2) is 34.7 Å². The number of aliphatic carboxylic acids is 1. The maximum atomic E-state index is 11.3. The van der Waals surface area contributed by atoms with Gasteiger partial charge in [0, 0.05) is 12.5 Å². The molecule has 0 bridgehead atoms. The Morgan fingerprint density at radius 3 is 2.86 bits per heavy atom. The molecule has 2 rings (SSSR count). The molecule has 2 unspecified atom stereocenters. The number of nitrogens with zero attached hydrogens (tertiary/aromatic N) is 1. The second kappa shape index (κ2) is 5.98. The number of hydrogen-bond donors (Lipinski definition) is 2. The first-order chi connectivity index (χ1) is 9.89. The number of benzene rings is 1. The Kier molecular flexibility index (Phi) is 4.48. The molecule has 7 nitrogen and oxygen atoms in total. The highest BCUT2D eigenvalue weighted by Gasteiger charge is 2.45. The van der Waals surface area contributed by atoms with Crippen molar-refractivity contribution in [2.45, 2.75) is 30.9 Å². The van der Waals surface area contributed by atoms with E-state index in [1.54, 1.807) is 13.1 Å². The van der Waals surface area contributed by atoms with Gasteiger partial charge in [-0.15, -0.1) is 0 Å². The quantitative estimate of drug-likeness (QED) is 0.618. The molecule has 2 atom stereocenters. The first-order valence-electron chi connectivity index (χ1n) is 6.41. The third kappa shape index (κ3) is 3.01. The molecule has 2 N–H and O–H groups in total. The summed E-state index contributed by atoms with van der Waals surface area (Å²) in [6.45, 7) is 0. The molecule has 0 aliphatic heterocycles. The summed E-state index contributed by atoms with van der Waals surface area (Å²) in [5.41, 5.74) is -1.07. The number of nitro groups is 1. The van der Waals surface area contributed by atoms with Gasteiger partial charge in [0.05, 0.1) is 4.92 Å². The number of halogens is 1. The minimum atomic E-state index is -0.988. The molecule has 1 aliphatic rings. The van der Waals surface area contributed by atoms with E-state index in [0.29, 0.717) is 25.0 Å². The fourth-order valence-electron chi connectivity index (χ4n) is 2.54. The minimum absolute atomic E-state index is 0.0800. The molecule has 0 aromatic heterocycles. The van der Waals surface area contributed by atoms with E-state index in [4.69, 9.17) is 4.74 Å². The number of rotatable bonds is 5. The van der Waals surface area contributed by atoms with Crippen molar-refractivity contribution in [1.82, 2.24) is 5.32 Å². The molecule has 21 heavy (non-hydrogen) atoms. The summed E-state index contributed by atoms with van der Waals surface area (Å²) in [5.74, 6) is -0.555. The fourth-order valence-corrected chi connectivity index (χ4v) is 3.04. The van der Waals surface area contributed by atoms with Crippen molar-refractivity contribution in [2.24, 2.45) is 0 Å². The minimum Gasteiger partial charge on any atom is -0.489 e. The fraction of sp³-hybridized carbons (Fsp3) is 0.462. The van der Waals surface area contributed by atoms with Crippen LogP contribution in [0.3, 0.4) is 0 Å². The summed E-state index contributed by atoms with van der Waals surface area (Å²) in [6, 6.07) is 4.54. The van der Waals surface area contributed by atoms with Gasteiger partial charge in [0.1, 0.15) is 21.9 Å². The van der Waals surface area contributed by atoms with Crippen LogP contribution in [0.2, 0.25) is 0 Å². The number of ether oxygens (including phenoxy) is 1. The van der Waals surface area contributed by atoms with Crippen LogP contribution in [0.25, 0.3) is 0 Å². The molecule has 0 spiro atoms. The van der Waals surface area contributed by atoms with Crippen LogP contribution in [0.15, 0.2) is 22.7 Å². The van der Waals surface area contributed by atoms with Crippen molar-refractivity contribution in [3.63, 3.8) is 0 Å². The van der Waals surface area contributed by atoms with E-state index in [0.717, 1.165) is 0 Å². The summed E-state index contributed by atoms with van der Waals surface area (Å²) < 4.78 is 6.02. The average Bonchev–Trinajstić information content (AvgIpc) is 2.85. The summed E-state index contributed by atoms with van der Waals surface area (Å²) in [7, 11) is 1.61. The van der Waals surface area contributed by atoms with E-state index in [-0.39, 0.29) is 16.3 Å². The Morgan fingerprint density at radius 1 is 1.62 bits per heavy atom. The third-order valence-electron chi connectivity index (χ3n) is 3.79. The molecule has 1 aromatic carbocycles. The molecular weight excluding hydrogens is 344 g/mol. The van der Waals surface area contributed by atoms with Gasteiger partial charge in [-0.2, -0.15) is 0 Å². The third-order valence-corrected chi connectivity index (χ3v) is 4.59. The lowest BCUT2D eigenvalue weighted by Gasteiger charge is -2.23. The van der Waals surface area contributed by atoms with Crippen molar-refractivity contribution in [2.75, 3.05) is 7.05 Å². The number of carboxylic acids is 1. The Hall–Kier alpha value is -1.67. The average molecular weight is 359 g/mol. The van der Waals surface area contributed by atoms with E-state index in [9.17, 15) is 20.0 Å². The van der Waals surface area contributed by atoms with Crippen LogP contribution in [-0.2, 0) is 4.79 Å². The van der Waals surface area contributed by atoms with Crippen LogP contribution in [0.4, 0.5) is 5.69 Å². The van der Waals surface area contributed by atoms with Crippen LogP contribution in [0.5, 0.6) is 5.75 Å². The molecular formula is C13H15BrN2O5. The van der Waals surface area contributed by atoms with E-state index in [1.807, 2.05) is 0 Å². The van der Waals surface area contributed by atoms with Crippen LogP contribution < -0.4 is 10.1 Å². The van der Waals surface area contributed by atoms with Gasteiger partial charge in [-0.05, 0) is 41.9 Å². The van der Waals surface area contributed by atoms with Gasteiger partial charge in [0.2, 0.25) is 0 Å². The number of nitro benzene ring substituents is 1. The smallest absolute Gasteiger partial charge is 0.324 e. The lowest BCUT2D eigenvalue weighted by Crippen LogP contribution is -2.48. The molecule has 0 radical (unpaired) electrons. The monoisotopic (exact) mass is 358 g/mol. The van der Waals surface area contributed by atoms with Gasteiger partial charge >= 0.3 is 5.97 Å². The Morgan fingerprint density at radius 2 is 2.33 bits per heavy atom. The number of hydrogen-bond acceptors (Lipinski definition) is 5. The van der Waals surface area contributed by atoms with Gasteiger partial charge in [0.25, 0.3) is 5.69 Å². The summed E-state index contributed by atoms with van der Waals surface area (Å²) in [5, 5.41) is 23.0. The Bertz CT molecular complexity index is 580. The van der Waals surface area contributed by atoms with Gasteiger partial charge in [-0.3, -0.25) is 14.9 Å². The largest absolute Gasteiger partial charge is 0.489 e. The molecule has 1 fully saturated rings. The first-order valence-corrected chi connectivity index (χ1v) is 7.21. The molecule has 0 amide bonds. The molecule has 0 heterocycles. The van der Waals surface area contributed by atoms with Gasteiger partial charge in [0.15, 0.2) is 0 Å². The number of carbonyl (C=O) groups is 1. The highest BCUT2D eigenvalue weighted by atomic mass is 79.9. The molecule has 114 valence electrons. The maximum absolute atomic E-state index is 11.3. The second-order valence-electron chi connectivity index (χ2n) is 4.97. The van der Waals surface area contributed by atoms with Gasteiger partial charge < -0.3 is 15.2 Å². The van der Waals surface area contributed by atoms with E-state index in [2.05, 4.69) is 21.2 Å². The molecule has 1 aromatic rings. The predicted molar refractivity (Wildman–Crippen MR) is 78.5 cm³/mol. The van der Waals surface area contributed by atoms with E-state index in [1.165, 1.54) is 12.1 Å². The molecule has 0 saturated heterocycles. The zero-order chi connectivity index (χ0) is 15.6. The zero-order valence-corrected chi connectivity index (χ0v) is 12.9. The topological polar surface area (TPSA) is 102 Å².